The molecule has 2 aromatic heterocycles. The van der Waals surface area contributed by atoms with Crippen molar-refractivity contribution in [3.05, 3.63) is 47.8 Å². The average Bonchev–Trinajstić information content (AvgIpc) is 3.12. The van der Waals surface area contributed by atoms with Gasteiger partial charge in [0.1, 0.15) is 0 Å². The molecule has 0 unspecified atom stereocenters. The lowest BCUT2D eigenvalue weighted by Crippen LogP contribution is -2.27. The molecular weight excluding hydrogens is 389 g/mol. The zero-order valence-electron chi connectivity index (χ0n) is 17.8. The van der Waals surface area contributed by atoms with Crippen LogP contribution >= 0.6 is 0 Å². The Morgan fingerprint density at radius 2 is 2.10 bits per heavy atom. The number of carbonyl (C=O) groups is 1. The van der Waals surface area contributed by atoms with E-state index in [1.807, 2.05) is 5.32 Å². The molecule has 0 atom stereocenters. The number of rotatable bonds is 3. The number of halogens is 3. The minimum Gasteiger partial charge on any atom is -0.364 e. The van der Waals surface area contributed by atoms with Crippen LogP contribution in [0.15, 0.2) is 30.5 Å². The van der Waals surface area contributed by atoms with E-state index in [9.17, 15) is 18.0 Å². The molecule has 0 radical (unpaired) electrons. The third kappa shape index (κ3) is 3.22. The Kier molecular flexibility index (Phi) is 3.53. The Hall–Kier alpha value is -3.70. The van der Waals surface area contributed by atoms with Crippen molar-refractivity contribution < 1.29 is 22.1 Å². The molecule has 0 fully saturated rings. The van der Waals surface area contributed by atoms with Gasteiger partial charge in [-0.2, -0.15) is 18.3 Å². The van der Waals surface area contributed by atoms with E-state index in [1.165, 1.54) is 12.3 Å². The third-order valence-electron chi connectivity index (χ3n) is 4.25. The molecule has 0 bridgehead atoms. The lowest BCUT2D eigenvalue weighted by Gasteiger charge is -2.29. The van der Waals surface area contributed by atoms with Crippen molar-refractivity contribution in [2.45, 2.75) is 12.7 Å². The lowest BCUT2D eigenvalue weighted by molar-refractivity contribution is -0.144. The van der Waals surface area contributed by atoms with Gasteiger partial charge in [0, 0.05) is 18.1 Å². The van der Waals surface area contributed by atoms with Gasteiger partial charge >= 0.3 is 6.18 Å². The Morgan fingerprint density at radius 1 is 1.28 bits per heavy atom. The van der Waals surface area contributed by atoms with Crippen LogP contribution in [-0.2, 0) is 12.7 Å². The largest absolute Gasteiger partial charge is 0.453 e. The van der Waals surface area contributed by atoms with Crippen LogP contribution in [0.2, 0.25) is 0 Å². The summed E-state index contributed by atoms with van der Waals surface area (Å²) >= 11 is 0. The predicted molar refractivity (Wildman–Crippen MR) is 97.2 cm³/mol. The molecule has 0 aliphatic carbocycles. The molecule has 1 aliphatic heterocycles. The molecular formula is C17H15F3N8O. The number of aromatic nitrogens is 5. The standard InChI is InChI=1S/C17H15F3N8O/c1-21-15(29)13-9(6-7-22-25-13)23-10-4-3-5-11-14(10)27(2)8-12-24-16(17(18,19)20)26-28(11)12/h3-7H,8H2,1-2H3,(H,21,29)(H,22,23)/i1D3. The van der Waals surface area contributed by atoms with Crippen LogP contribution < -0.4 is 15.5 Å². The third-order valence-corrected chi connectivity index (χ3v) is 4.25. The number of nitrogens with one attached hydrogen (secondary N) is 2. The summed E-state index contributed by atoms with van der Waals surface area (Å²) in [6.45, 7) is -2.67. The molecule has 0 saturated carbocycles. The number of alkyl halides is 3. The summed E-state index contributed by atoms with van der Waals surface area (Å²) in [5.74, 6) is -2.09. The summed E-state index contributed by atoms with van der Waals surface area (Å²) in [6.07, 6.45) is -3.38. The number of fused-ring (bicyclic) bond motifs is 3. The van der Waals surface area contributed by atoms with Crippen LogP contribution in [-0.4, -0.2) is 44.9 Å². The van der Waals surface area contributed by atoms with Gasteiger partial charge in [0.2, 0.25) is 0 Å². The van der Waals surface area contributed by atoms with Crippen LogP contribution in [0.5, 0.6) is 0 Å². The number of amides is 1. The van der Waals surface area contributed by atoms with Crippen molar-refractivity contribution in [3.63, 3.8) is 0 Å². The van der Waals surface area contributed by atoms with Gasteiger partial charge in [0.25, 0.3) is 11.7 Å². The second-order valence-corrected chi connectivity index (χ2v) is 6.16. The van der Waals surface area contributed by atoms with Crippen LogP contribution in [0.4, 0.5) is 30.2 Å². The van der Waals surface area contributed by atoms with E-state index in [2.05, 4.69) is 25.6 Å². The molecule has 1 aliphatic rings. The minimum absolute atomic E-state index is 0.0513. The fraction of sp³-hybridized carbons (Fsp3) is 0.235. The second-order valence-electron chi connectivity index (χ2n) is 6.16. The maximum absolute atomic E-state index is 13.1. The van der Waals surface area contributed by atoms with Gasteiger partial charge in [-0.15, -0.1) is 10.2 Å². The molecule has 2 N–H and O–H groups in total. The molecule has 4 rings (SSSR count). The van der Waals surface area contributed by atoms with Crippen molar-refractivity contribution in [1.82, 2.24) is 30.3 Å². The van der Waals surface area contributed by atoms with Crippen LogP contribution in [0.25, 0.3) is 5.69 Å². The molecule has 0 spiro atoms. The summed E-state index contributed by atoms with van der Waals surface area (Å²) in [7, 11) is 1.67. The highest BCUT2D eigenvalue weighted by atomic mass is 19.4. The topological polar surface area (TPSA) is 101 Å². The monoisotopic (exact) mass is 407 g/mol. The number of hydrogen-bond acceptors (Lipinski definition) is 7. The SMILES string of the molecule is [2H]C([2H])([2H])NC(=O)c1nnccc1Nc1cccc2c1N(C)Cc1nc(C(F)(F)F)nn1-2. The molecule has 9 nitrogen and oxygen atoms in total. The smallest absolute Gasteiger partial charge is 0.364 e. The summed E-state index contributed by atoms with van der Waals surface area (Å²) in [4.78, 5) is 17.6. The van der Waals surface area contributed by atoms with Gasteiger partial charge in [0.15, 0.2) is 11.5 Å². The van der Waals surface area contributed by atoms with E-state index in [1.54, 1.807) is 30.1 Å². The number of hydrogen-bond donors (Lipinski definition) is 2. The summed E-state index contributed by atoms with van der Waals surface area (Å²) in [5.41, 5.74) is 1.16. The molecule has 1 amide bonds. The number of carbonyl (C=O) groups excluding carboxylic acids is 1. The normalized spacial score (nSPS) is 14.9. The van der Waals surface area contributed by atoms with Crippen molar-refractivity contribution >= 4 is 23.0 Å². The number of nitrogens with zero attached hydrogens (tertiary/aromatic N) is 6. The first kappa shape index (κ1) is 15.2. The van der Waals surface area contributed by atoms with Crippen LogP contribution in [0.3, 0.4) is 0 Å². The van der Waals surface area contributed by atoms with Gasteiger partial charge < -0.3 is 15.5 Å². The van der Waals surface area contributed by atoms with Gasteiger partial charge in [-0.1, -0.05) is 6.07 Å². The number of benzene rings is 1. The molecule has 3 heterocycles. The highest BCUT2D eigenvalue weighted by Crippen LogP contribution is 2.39. The Balaban J connectivity index is 1.74. The maximum atomic E-state index is 13.1. The molecule has 150 valence electrons. The van der Waals surface area contributed by atoms with Crippen molar-refractivity contribution in [1.29, 1.82) is 0 Å². The van der Waals surface area contributed by atoms with E-state index < -0.39 is 24.9 Å². The van der Waals surface area contributed by atoms with E-state index >= 15 is 0 Å². The number of anilines is 3. The zero-order valence-corrected chi connectivity index (χ0v) is 14.8. The highest BCUT2D eigenvalue weighted by molar-refractivity contribution is 5.98. The van der Waals surface area contributed by atoms with Gasteiger partial charge in [-0.3, -0.25) is 4.79 Å². The van der Waals surface area contributed by atoms with E-state index in [0.29, 0.717) is 17.1 Å². The summed E-state index contributed by atoms with van der Waals surface area (Å²) in [6, 6.07) is 6.25. The fourth-order valence-corrected chi connectivity index (χ4v) is 3.06. The van der Waals surface area contributed by atoms with Crippen molar-refractivity contribution in [2.75, 3.05) is 24.2 Å². The second kappa shape index (κ2) is 6.72. The van der Waals surface area contributed by atoms with Gasteiger partial charge in [-0.05, 0) is 18.2 Å². The molecule has 3 aromatic rings. The first-order valence-corrected chi connectivity index (χ1v) is 8.23. The molecule has 12 heteroatoms. The van der Waals surface area contributed by atoms with Crippen LogP contribution in [0, 0.1) is 0 Å². The number of para-hydroxylation sites is 1. The minimum atomic E-state index is -4.69. The Morgan fingerprint density at radius 3 is 2.86 bits per heavy atom. The lowest BCUT2D eigenvalue weighted by atomic mass is 10.1. The zero-order chi connectivity index (χ0) is 23.3. The quantitative estimate of drug-likeness (QED) is 0.686. The average molecular weight is 407 g/mol. The van der Waals surface area contributed by atoms with Crippen molar-refractivity contribution in [2.24, 2.45) is 0 Å². The van der Waals surface area contributed by atoms with E-state index in [0.717, 1.165) is 4.68 Å². The predicted octanol–water partition coefficient (Wildman–Crippen LogP) is 2.13. The molecule has 0 saturated heterocycles. The van der Waals surface area contributed by atoms with Crippen LogP contribution in [0.1, 0.15) is 26.2 Å². The van der Waals surface area contributed by atoms with Crippen molar-refractivity contribution in [3.8, 4) is 5.69 Å². The first-order valence-electron chi connectivity index (χ1n) is 9.73. The van der Waals surface area contributed by atoms with Gasteiger partial charge in [-0.25, -0.2) is 9.67 Å². The Bertz CT molecular complexity index is 1190. The fourth-order valence-electron chi connectivity index (χ4n) is 3.06. The first-order chi connectivity index (χ1) is 14.9. The molecule has 1 aromatic carbocycles. The Labute approximate surface area is 166 Å². The van der Waals surface area contributed by atoms with E-state index in [4.69, 9.17) is 4.11 Å². The molecule has 29 heavy (non-hydrogen) atoms. The highest BCUT2D eigenvalue weighted by Gasteiger charge is 2.38. The van der Waals surface area contributed by atoms with E-state index in [-0.39, 0.29) is 23.8 Å². The maximum Gasteiger partial charge on any atom is 0.453 e. The summed E-state index contributed by atoms with van der Waals surface area (Å²) < 4.78 is 62.0. The van der Waals surface area contributed by atoms with Gasteiger partial charge in [0.05, 0.1) is 35.5 Å². The summed E-state index contributed by atoms with van der Waals surface area (Å²) in [5, 5.41) is 15.8.